The Hall–Kier alpha value is -3.22. The lowest BCUT2D eigenvalue weighted by molar-refractivity contribution is 0.760. The molecular formula is C21H13Cl2N5O. The van der Waals surface area contributed by atoms with Crippen LogP contribution in [-0.2, 0) is 6.54 Å². The number of pyridine rings is 1. The molecule has 0 saturated heterocycles. The predicted octanol–water partition coefficient (Wildman–Crippen LogP) is 4.46. The number of hydrogen-bond donors (Lipinski definition) is 0. The molecule has 0 aliphatic rings. The van der Waals surface area contributed by atoms with Crippen molar-refractivity contribution in [3.8, 4) is 11.1 Å². The Morgan fingerprint density at radius 2 is 1.55 bits per heavy atom. The molecule has 0 bridgehead atoms. The van der Waals surface area contributed by atoms with Crippen molar-refractivity contribution in [1.29, 1.82) is 0 Å². The largest absolute Gasteiger partial charge is 0.309 e. The maximum Gasteiger partial charge on any atom is 0.280 e. The molecule has 29 heavy (non-hydrogen) atoms. The van der Waals surface area contributed by atoms with E-state index in [0.29, 0.717) is 27.8 Å². The first-order chi connectivity index (χ1) is 14.1. The molecule has 142 valence electrons. The highest BCUT2D eigenvalue weighted by Crippen LogP contribution is 2.25. The van der Waals surface area contributed by atoms with Crippen LogP contribution in [0.15, 0.2) is 71.8 Å². The smallest absolute Gasteiger partial charge is 0.280 e. The van der Waals surface area contributed by atoms with Gasteiger partial charge in [0.2, 0.25) is 0 Å². The number of rotatable bonds is 3. The van der Waals surface area contributed by atoms with Crippen molar-refractivity contribution in [3.63, 3.8) is 0 Å². The van der Waals surface area contributed by atoms with Gasteiger partial charge in [0.15, 0.2) is 11.2 Å². The molecule has 0 fully saturated rings. The molecule has 0 unspecified atom stereocenters. The zero-order chi connectivity index (χ0) is 20.0. The van der Waals surface area contributed by atoms with Gasteiger partial charge in [0.1, 0.15) is 5.52 Å². The summed E-state index contributed by atoms with van der Waals surface area (Å²) in [7, 11) is 0. The Bertz CT molecular complexity index is 1410. The zero-order valence-corrected chi connectivity index (χ0v) is 16.5. The first-order valence-corrected chi connectivity index (χ1v) is 9.60. The molecule has 0 radical (unpaired) electrons. The summed E-state index contributed by atoms with van der Waals surface area (Å²) in [6.07, 6.45) is 3.45. The van der Waals surface area contributed by atoms with Gasteiger partial charge >= 0.3 is 0 Å². The van der Waals surface area contributed by atoms with E-state index >= 15 is 0 Å². The van der Waals surface area contributed by atoms with Crippen LogP contribution < -0.4 is 5.56 Å². The Morgan fingerprint density at radius 1 is 0.862 bits per heavy atom. The van der Waals surface area contributed by atoms with Crippen molar-refractivity contribution in [2.45, 2.75) is 6.54 Å². The number of nitrogens with zero attached hydrogens (tertiary/aromatic N) is 5. The molecule has 0 amide bonds. The lowest BCUT2D eigenvalue weighted by Gasteiger charge is -2.08. The van der Waals surface area contributed by atoms with Crippen LogP contribution in [0.1, 0.15) is 5.56 Å². The Kier molecular flexibility index (Phi) is 4.30. The van der Waals surface area contributed by atoms with Gasteiger partial charge in [0.25, 0.3) is 5.56 Å². The summed E-state index contributed by atoms with van der Waals surface area (Å²) >= 11 is 11.9. The van der Waals surface area contributed by atoms with Gasteiger partial charge in [-0.2, -0.15) is 5.10 Å². The molecule has 3 aromatic heterocycles. The van der Waals surface area contributed by atoms with Crippen molar-refractivity contribution >= 4 is 39.9 Å². The van der Waals surface area contributed by atoms with E-state index in [4.69, 9.17) is 23.2 Å². The van der Waals surface area contributed by atoms with E-state index in [1.54, 1.807) is 33.6 Å². The Labute approximate surface area is 175 Å². The van der Waals surface area contributed by atoms with Crippen molar-refractivity contribution in [2.75, 3.05) is 0 Å². The van der Waals surface area contributed by atoms with Crippen LogP contribution >= 0.6 is 23.2 Å². The van der Waals surface area contributed by atoms with Crippen molar-refractivity contribution in [3.05, 3.63) is 93.0 Å². The number of hydrogen-bond acceptors (Lipinski definition) is 4. The van der Waals surface area contributed by atoms with Crippen LogP contribution in [0.5, 0.6) is 0 Å². The fourth-order valence-electron chi connectivity index (χ4n) is 3.27. The van der Waals surface area contributed by atoms with E-state index < -0.39 is 0 Å². The highest BCUT2D eigenvalue weighted by molar-refractivity contribution is 6.30. The molecule has 6 nitrogen and oxygen atoms in total. The number of aromatic nitrogens is 5. The van der Waals surface area contributed by atoms with Gasteiger partial charge < -0.3 is 4.57 Å². The number of benzene rings is 2. The Morgan fingerprint density at radius 3 is 2.28 bits per heavy atom. The summed E-state index contributed by atoms with van der Waals surface area (Å²) in [6, 6.07) is 16.6. The molecule has 0 atom stereocenters. The molecule has 8 heteroatoms. The van der Waals surface area contributed by atoms with E-state index in [0.717, 1.165) is 16.7 Å². The highest BCUT2D eigenvalue weighted by Gasteiger charge is 2.14. The van der Waals surface area contributed by atoms with E-state index in [9.17, 15) is 4.79 Å². The second-order valence-corrected chi connectivity index (χ2v) is 7.48. The molecule has 0 aliphatic carbocycles. The molecule has 3 heterocycles. The summed E-state index contributed by atoms with van der Waals surface area (Å²) < 4.78 is 3.23. The van der Waals surface area contributed by atoms with Gasteiger partial charge in [0, 0.05) is 21.8 Å². The molecule has 5 aromatic rings. The molecule has 0 aliphatic heterocycles. The Balaban J connectivity index is 1.61. The van der Waals surface area contributed by atoms with Crippen molar-refractivity contribution < 1.29 is 0 Å². The topological polar surface area (TPSA) is 65.1 Å². The van der Waals surface area contributed by atoms with Gasteiger partial charge in [-0.05, 0) is 41.5 Å². The second kappa shape index (κ2) is 6.99. The number of fused-ring (bicyclic) bond motifs is 3. The molecule has 0 spiro atoms. The standard InChI is InChI=1S/C21H13Cl2N5O/c22-15-5-1-13(2-6-15)12-27-10-9-18-19(21(27)29)25-26-20-17(11-24-28(18)20)14-3-7-16(23)8-4-14/h1-11H,12H2. The molecular weight excluding hydrogens is 409 g/mol. The normalized spacial score (nSPS) is 11.4. The van der Waals surface area contributed by atoms with Crippen LogP contribution in [0, 0.1) is 0 Å². The van der Waals surface area contributed by atoms with Crippen molar-refractivity contribution in [1.82, 2.24) is 24.4 Å². The monoisotopic (exact) mass is 421 g/mol. The summed E-state index contributed by atoms with van der Waals surface area (Å²) in [5.41, 5.74) is 3.93. The first kappa shape index (κ1) is 17.8. The fraction of sp³-hybridized carbons (Fsp3) is 0.0476. The summed E-state index contributed by atoms with van der Waals surface area (Å²) in [5, 5.41) is 14.2. The minimum atomic E-state index is -0.226. The lowest BCUT2D eigenvalue weighted by atomic mass is 10.1. The minimum Gasteiger partial charge on any atom is -0.309 e. The van der Waals surface area contributed by atoms with Gasteiger partial charge in [0.05, 0.1) is 12.7 Å². The van der Waals surface area contributed by atoms with E-state index in [-0.39, 0.29) is 11.1 Å². The minimum absolute atomic E-state index is 0.226. The van der Waals surface area contributed by atoms with Crippen LogP contribution in [0.4, 0.5) is 0 Å². The van der Waals surface area contributed by atoms with Gasteiger partial charge in [-0.1, -0.05) is 47.5 Å². The van der Waals surface area contributed by atoms with Crippen LogP contribution in [0.25, 0.3) is 27.8 Å². The van der Waals surface area contributed by atoms with E-state index in [1.807, 2.05) is 42.5 Å². The third kappa shape index (κ3) is 3.16. The summed E-state index contributed by atoms with van der Waals surface area (Å²) in [5.74, 6) is 0. The second-order valence-electron chi connectivity index (χ2n) is 6.61. The maximum absolute atomic E-state index is 12.9. The quantitative estimate of drug-likeness (QED) is 0.431. The van der Waals surface area contributed by atoms with Gasteiger partial charge in [-0.25, -0.2) is 4.52 Å². The number of halogens is 2. The SMILES string of the molecule is O=c1c2nnc3c(-c4ccc(Cl)cc4)cnn3c2ccn1Cc1ccc(Cl)cc1. The fourth-order valence-corrected chi connectivity index (χ4v) is 3.53. The van der Waals surface area contributed by atoms with Crippen LogP contribution in [-0.4, -0.2) is 24.4 Å². The maximum atomic E-state index is 12.9. The summed E-state index contributed by atoms with van der Waals surface area (Å²) in [6.45, 7) is 0.417. The van der Waals surface area contributed by atoms with E-state index in [1.165, 1.54) is 0 Å². The lowest BCUT2D eigenvalue weighted by Crippen LogP contribution is -2.22. The summed E-state index contributed by atoms with van der Waals surface area (Å²) in [4.78, 5) is 12.9. The van der Waals surface area contributed by atoms with Gasteiger partial charge in [-0.3, -0.25) is 4.79 Å². The first-order valence-electron chi connectivity index (χ1n) is 8.84. The van der Waals surface area contributed by atoms with Gasteiger partial charge in [-0.15, -0.1) is 10.2 Å². The third-order valence-electron chi connectivity index (χ3n) is 4.76. The van der Waals surface area contributed by atoms with Crippen LogP contribution in [0.3, 0.4) is 0 Å². The molecule has 0 N–H and O–H groups in total. The molecule has 0 saturated carbocycles. The molecule has 2 aromatic carbocycles. The average Bonchev–Trinajstić information content (AvgIpc) is 3.17. The predicted molar refractivity (Wildman–Crippen MR) is 114 cm³/mol. The highest BCUT2D eigenvalue weighted by atomic mass is 35.5. The average molecular weight is 422 g/mol. The third-order valence-corrected chi connectivity index (χ3v) is 5.26. The molecule has 5 rings (SSSR count). The van der Waals surface area contributed by atoms with E-state index in [2.05, 4.69) is 15.3 Å². The zero-order valence-electron chi connectivity index (χ0n) is 15.0. The van der Waals surface area contributed by atoms with Crippen LogP contribution in [0.2, 0.25) is 10.0 Å². The van der Waals surface area contributed by atoms with Crippen molar-refractivity contribution in [2.24, 2.45) is 0 Å².